The van der Waals surface area contributed by atoms with Crippen molar-refractivity contribution in [1.82, 2.24) is 0 Å². The van der Waals surface area contributed by atoms with Gasteiger partial charge in [-0.3, -0.25) is 4.79 Å². The average Bonchev–Trinajstić information content (AvgIpc) is 2.85. The summed E-state index contributed by atoms with van der Waals surface area (Å²) in [7, 11) is 0. The lowest BCUT2D eigenvalue weighted by molar-refractivity contribution is -0.161. The van der Waals surface area contributed by atoms with Crippen molar-refractivity contribution in [2.24, 2.45) is 5.41 Å². The molecule has 0 amide bonds. The van der Waals surface area contributed by atoms with E-state index in [2.05, 4.69) is 0 Å². The van der Waals surface area contributed by atoms with Crippen LogP contribution in [-0.2, 0) is 14.3 Å². The number of carbonyl (C=O) groups is 1. The van der Waals surface area contributed by atoms with E-state index in [0.717, 1.165) is 25.7 Å². The van der Waals surface area contributed by atoms with E-state index in [-0.39, 0.29) is 0 Å². The van der Waals surface area contributed by atoms with Crippen LogP contribution in [0, 0.1) is 5.41 Å². The molecule has 1 aliphatic carbocycles. The van der Waals surface area contributed by atoms with Crippen molar-refractivity contribution in [2.45, 2.75) is 51.2 Å². The maximum Gasteiger partial charge on any atom is 0.309 e. The molecular formula is C12H20O4. The largest absolute Gasteiger partial charge is 0.481 e. The Morgan fingerprint density at radius 3 is 2.25 bits per heavy atom. The summed E-state index contributed by atoms with van der Waals surface area (Å²) < 4.78 is 11.0. The van der Waals surface area contributed by atoms with Crippen LogP contribution in [0.4, 0.5) is 0 Å². The van der Waals surface area contributed by atoms with Gasteiger partial charge in [-0.1, -0.05) is 12.8 Å². The molecule has 92 valence electrons. The summed E-state index contributed by atoms with van der Waals surface area (Å²) in [6, 6.07) is 0. The highest BCUT2D eigenvalue weighted by molar-refractivity contribution is 5.74. The van der Waals surface area contributed by atoms with Crippen molar-refractivity contribution >= 4 is 5.97 Å². The molecule has 4 heteroatoms. The number of carboxylic acid groups (broad SMARTS) is 1. The fraction of sp³-hybridized carbons (Fsp3) is 0.917. The minimum Gasteiger partial charge on any atom is -0.481 e. The summed E-state index contributed by atoms with van der Waals surface area (Å²) in [6.07, 6.45) is 5.02. The smallest absolute Gasteiger partial charge is 0.309 e. The summed E-state index contributed by atoms with van der Waals surface area (Å²) in [5.74, 6) is -1.20. The second-order valence-electron chi connectivity index (χ2n) is 5.12. The van der Waals surface area contributed by atoms with Crippen LogP contribution < -0.4 is 0 Å². The Hall–Kier alpha value is -0.610. The van der Waals surface area contributed by atoms with Crippen LogP contribution in [0.5, 0.6) is 0 Å². The molecule has 0 radical (unpaired) electrons. The zero-order chi connectivity index (χ0) is 11.6. The van der Waals surface area contributed by atoms with E-state index < -0.39 is 17.2 Å². The summed E-state index contributed by atoms with van der Waals surface area (Å²) in [6.45, 7) is 3.15. The SMILES string of the molecule is CC1(CCC2(C(=O)O)CCCC2)OCCO1. The first kappa shape index (κ1) is 11.9. The molecule has 1 saturated heterocycles. The van der Waals surface area contributed by atoms with Crippen LogP contribution in [0.15, 0.2) is 0 Å². The van der Waals surface area contributed by atoms with Gasteiger partial charge in [0.05, 0.1) is 18.6 Å². The highest BCUT2D eigenvalue weighted by atomic mass is 16.7. The van der Waals surface area contributed by atoms with E-state index in [9.17, 15) is 9.90 Å². The third-order valence-electron chi connectivity index (χ3n) is 3.97. The van der Waals surface area contributed by atoms with Crippen molar-refractivity contribution in [3.63, 3.8) is 0 Å². The van der Waals surface area contributed by atoms with Gasteiger partial charge in [-0.15, -0.1) is 0 Å². The number of rotatable bonds is 4. The second-order valence-corrected chi connectivity index (χ2v) is 5.12. The molecule has 16 heavy (non-hydrogen) atoms. The molecule has 1 aliphatic heterocycles. The highest BCUT2D eigenvalue weighted by Crippen LogP contribution is 2.44. The molecule has 0 atom stereocenters. The van der Waals surface area contributed by atoms with E-state index in [0.29, 0.717) is 26.1 Å². The molecule has 0 spiro atoms. The predicted octanol–water partition coefficient (Wildman–Crippen LogP) is 2.17. The van der Waals surface area contributed by atoms with Crippen LogP contribution >= 0.6 is 0 Å². The van der Waals surface area contributed by atoms with Crippen molar-refractivity contribution in [3.05, 3.63) is 0 Å². The molecule has 2 aliphatic rings. The van der Waals surface area contributed by atoms with Gasteiger partial charge in [0.15, 0.2) is 5.79 Å². The summed E-state index contributed by atoms with van der Waals surface area (Å²) in [4.78, 5) is 11.4. The molecule has 0 bridgehead atoms. The zero-order valence-corrected chi connectivity index (χ0v) is 9.83. The van der Waals surface area contributed by atoms with E-state index in [1.807, 2.05) is 6.92 Å². The average molecular weight is 228 g/mol. The number of carboxylic acids is 1. The van der Waals surface area contributed by atoms with Crippen LogP contribution in [-0.4, -0.2) is 30.1 Å². The van der Waals surface area contributed by atoms with Crippen LogP contribution in [0.2, 0.25) is 0 Å². The van der Waals surface area contributed by atoms with E-state index in [1.165, 1.54) is 0 Å². The topological polar surface area (TPSA) is 55.8 Å². The predicted molar refractivity (Wildman–Crippen MR) is 58.1 cm³/mol. The van der Waals surface area contributed by atoms with Gasteiger partial charge in [0.25, 0.3) is 0 Å². The molecule has 0 aromatic heterocycles. The molecule has 1 N–H and O–H groups in total. The first-order chi connectivity index (χ1) is 7.56. The van der Waals surface area contributed by atoms with Crippen molar-refractivity contribution < 1.29 is 19.4 Å². The van der Waals surface area contributed by atoms with Gasteiger partial charge >= 0.3 is 5.97 Å². The van der Waals surface area contributed by atoms with Crippen molar-refractivity contribution in [3.8, 4) is 0 Å². The molecule has 1 heterocycles. The quantitative estimate of drug-likeness (QED) is 0.801. The third-order valence-corrected chi connectivity index (χ3v) is 3.97. The van der Waals surface area contributed by atoms with Crippen LogP contribution in [0.3, 0.4) is 0 Å². The monoisotopic (exact) mass is 228 g/mol. The number of aliphatic carboxylic acids is 1. The minimum atomic E-state index is -0.647. The van der Waals surface area contributed by atoms with Crippen LogP contribution in [0.1, 0.15) is 45.4 Å². The Balaban J connectivity index is 1.94. The molecule has 1 saturated carbocycles. The molecule has 0 aromatic carbocycles. The Bertz CT molecular complexity index is 262. The van der Waals surface area contributed by atoms with Gasteiger partial charge in [-0.25, -0.2) is 0 Å². The Morgan fingerprint density at radius 1 is 1.19 bits per heavy atom. The molecular weight excluding hydrogens is 208 g/mol. The first-order valence-electron chi connectivity index (χ1n) is 6.08. The van der Waals surface area contributed by atoms with E-state index >= 15 is 0 Å². The minimum absolute atomic E-state index is 0.516. The number of ether oxygens (including phenoxy) is 2. The maximum atomic E-state index is 11.4. The zero-order valence-electron chi connectivity index (χ0n) is 9.83. The van der Waals surface area contributed by atoms with Gasteiger partial charge < -0.3 is 14.6 Å². The first-order valence-corrected chi connectivity index (χ1v) is 6.08. The molecule has 2 fully saturated rings. The van der Waals surface area contributed by atoms with Crippen molar-refractivity contribution in [1.29, 1.82) is 0 Å². The lowest BCUT2D eigenvalue weighted by Crippen LogP contribution is -2.33. The Morgan fingerprint density at radius 2 is 1.75 bits per heavy atom. The highest BCUT2D eigenvalue weighted by Gasteiger charge is 2.43. The lowest BCUT2D eigenvalue weighted by Gasteiger charge is -2.29. The molecule has 0 aromatic rings. The maximum absolute atomic E-state index is 11.4. The third kappa shape index (κ3) is 2.23. The summed E-state index contributed by atoms with van der Waals surface area (Å²) >= 11 is 0. The molecule has 0 unspecified atom stereocenters. The molecule has 4 nitrogen and oxygen atoms in total. The van der Waals surface area contributed by atoms with Gasteiger partial charge in [-0.2, -0.15) is 0 Å². The van der Waals surface area contributed by atoms with E-state index in [1.54, 1.807) is 0 Å². The van der Waals surface area contributed by atoms with Gasteiger partial charge in [-0.05, 0) is 26.2 Å². The van der Waals surface area contributed by atoms with Gasteiger partial charge in [0, 0.05) is 6.42 Å². The normalized spacial score (nSPS) is 27.1. The Labute approximate surface area is 95.9 Å². The van der Waals surface area contributed by atoms with Crippen LogP contribution in [0.25, 0.3) is 0 Å². The Kier molecular flexibility index (Phi) is 3.22. The summed E-state index contributed by atoms with van der Waals surface area (Å²) in [5.41, 5.74) is -0.516. The number of hydrogen-bond donors (Lipinski definition) is 1. The second kappa shape index (κ2) is 4.34. The fourth-order valence-electron chi connectivity index (χ4n) is 2.79. The van der Waals surface area contributed by atoms with Gasteiger partial charge in [0.2, 0.25) is 0 Å². The van der Waals surface area contributed by atoms with Gasteiger partial charge in [0.1, 0.15) is 0 Å². The summed E-state index contributed by atoms with van der Waals surface area (Å²) in [5, 5.41) is 9.34. The van der Waals surface area contributed by atoms with E-state index in [4.69, 9.17) is 9.47 Å². The van der Waals surface area contributed by atoms with Crippen molar-refractivity contribution in [2.75, 3.05) is 13.2 Å². The fourth-order valence-corrected chi connectivity index (χ4v) is 2.79. The number of hydrogen-bond acceptors (Lipinski definition) is 3. The lowest BCUT2D eigenvalue weighted by atomic mass is 9.80. The standard InChI is InChI=1S/C12H20O4/c1-11(15-8-9-16-11)6-7-12(10(13)14)4-2-3-5-12/h2-9H2,1H3,(H,13,14). The molecule has 2 rings (SSSR count).